The summed E-state index contributed by atoms with van der Waals surface area (Å²) < 4.78 is 0. The molecule has 0 bridgehead atoms. The summed E-state index contributed by atoms with van der Waals surface area (Å²) in [4.78, 5) is 0. The molecule has 0 radical (unpaired) electrons. The van der Waals surface area contributed by atoms with Gasteiger partial charge in [0.25, 0.3) is 0 Å². The minimum atomic E-state index is 0.829. The van der Waals surface area contributed by atoms with Crippen molar-refractivity contribution in [2.75, 3.05) is 0 Å². The number of nitrogens with zero attached hydrogens (tertiary/aromatic N) is 1. The number of hydrogen-bond acceptors (Lipinski definition) is 2. The average molecular weight is 189 g/mol. The van der Waals surface area contributed by atoms with Gasteiger partial charge in [0.15, 0.2) is 0 Å². The van der Waals surface area contributed by atoms with E-state index in [9.17, 15) is 0 Å². The molecule has 0 fully saturated rings. The predicted molar refractivity (Wildman–Crippen MR) is 59.6 cm³/mol. The Morgan fingerprint density at radius 3 is 2.64 bits per heavy atom. The van der Waals surface area contributed by atoms with E-state index in [1.54, 1.807) is 0 Å². The summed E-state index contributed by atoms with van der Waals surface area (Å²) >= 11 is 0. The Balaban J connectivity index is 2.21. The Morgan fingerprint density at radius 1 is 1.14 bits per heavy atom. The Kier molecular flexibility index (Phi) is 5.18. The molecule has 0 heterocycles. The van der Waals surface area contributed by atoms with Crippen LogP contribution in [0, 0.1) is 0 Å². The van der Waals surface area contributed by atoms with Crippen molar-refractivity contribution in [3.8, 4) is 0 Å². The maximum atomic E-state index is 8.15. The highest BCUT2D eigenvalue weighted by Crippen LogP contribution is 2.03. The second kappa shape index (κ2) is 6.89. The van der Waals surface area contributed by atoms with Crippen molar-refractivity contribution in [2.45, 2.75) is 19.3 Å². The number of oxime groups is 1. The lowest BCUT2D eigenvalue weighted by molar-refractivity contribution is 0.320. The summed E-state index contributed by atoms with van der Waals surface area (Å²) in [6, 6.07) is 10.2. The molecular weight excluding hydrogens is 174 g/mol. The highest BCUT2D eigenvalue weighted by molar-refractivity contribution is 5.56. The molecule has 74 valence electrons. The fourth-order valence-electron chi connectivity index (χ4n) is 1.17. The molecule has 0 aliphatic carbocycles. The van der Waals surface area contributed by atoms with Crippen molar-refractivity contribution in [3.63, 3.8) is 0 Å². The van der Waals surface area contributed by atoms with Gasteiger partial charge in [0, 0.05) is 6.21 Å². The lowest BCUT2D eigenvalue weighted by atomic mass is 10.2. The first-order valence-electron chi connectivity index (χ1n) is 4.81. The topological polar surface area (TPSA) is 32.6 Å². The van der Waals surface area contributed by atoms with Gasteiger partial charge in [0.1, 0.15) is 0 Å². The first kappa shape index (κ1) is 10.5. The lowest BCUT2D eigenvalue weighted by Gasteiger charge is -1.91. The van der Waals surface area contributed by atoms with Gasteiger partial charge < -0.3 is 5.21 Å². The van der Waals surface area contributed by atoms with Crippen LogP contribution in [0.5, 0.6) is 0 Å². The van der Waals surface area contributed by atoms with Gasteiger partial charge in [0.05, 0.1) is 0 Å². The normalized spacial score (nSPS) is 11.4. The van der Waals surface area contributed by atoms with Crippen LogP contribution in [0.1, 0.15) is 24.8 Å². The van der Waals surface area contributed by atoms with Crippen LogP contribution in [-0.2, 0) is 0 Å². The summed E-state index contributed by atoms with van der Waals surface area (Å²) in [5, 5.41) is 11.1. The van der Waals surface area contributed by atoms with Crippen LogP contribution < -0.4 is 0 Å². The average Bonchev–Trinajstić information content (AvgIpc) is 2.25. The summed E-state index contributed by atoms with van der Waals surface area (Å²) in [6.07, 6.45) is 8.64. The first-order chi connectivity index (χ1) is 6.93. The van der Waals surface area contributed by atoms with E-state index < -0.39 is 0 Å². The molecule has 2 heteroatoms. The van der Waals surface area contributed by atoms with Gasteiger partial charge in [-0.25, -0.2) is 0 Å². The molecule has 0 saturated carbocycles. The van der Waals surface area contributed by atoms with Gasteiger partial charge in [-0.2, -0.15) is 0 Å². The van der Waals surface area contributed by atoms with E-state index in [2.05, 4.69) is 29.4 Å². The molecule has 2 nitrogen and oxygen atoms in total. The molecule has 1 aromatic rings. The van der Waals surface area contributed by atoms with Gasteiger partial charge >= 0.3 is 0 Å². The van der Waals surface area contributed by atoms with Crippen LogP contribution in [0.25, 0.3) is 6.08 Å². The van der Waals surface area contributed by atoms with E-state index in [1.807, 2.05) is 18.2 Å². The largest absolute Gasteiger partial charge is 0.411 e. The quantitative estimate of drug-likeness (QED) is 0.327. The van der Waals surface area contributed by atoms with Gasteiger partial charge in [-0.15, -0.1) is 5.16 Å². The number of hydrogen-bond donors (Lipinski definition) is 1. The predicted octanol–water partition coefficient (Wildman–Crippen LogP) is 3.33. The third-order valence-electron chi connectivity index (χ3n) is 1.90. The van der Waals surface area contributed by atoms with E-state index >= 15 is 0 Å². The molecule has 0 aliphatic heterocycles. The Labute approximate surface area is 84.6 Å². The zero-order valence-corrected chi connectivity index (χ0v) is 8.13. The minimum absolute atomic E-state index is 0.829. The number of allylic oxidation sites excluding steroid dienone is 1. The van der Waals surface area contributed by atoms with Crippen molar-refractivity contribution in [2.24, 2.45) is 5.16 Å². The Hall–Kier alpha value is -1.57. The van der Waals surface area contributed by atoms with E-state index in [-0.39, 0.29) is 0 Å². The molecule has 0 atom stereocenters. The van der Waals surface area contributed by atoms with E-state index in [0.29, 0.717) is 0 Å². The second-order valence-corrected chi connectivity index (χ2v) is 3.04. The van der Waals surface area contributed by atoms with Crippen molar-refractivity contribution in [1.82, 2.24) is 0 Å². The summed E-state index contributed by atoms with van der Waals surface area (Å²) in [5.74, 6) is 0. The summed E-state index contributed by atoms with van der Waals surface area (Å²) in [7, 11) is 0. The highest BCUT2D eigenvalue weighted by Gasteiger charge is 1.83. The van der Waals surface area contributed by atoms with Crippen LogP contribution in [0.15, 0.2) is 41.6 Å². The molecular formula is C12H15NO. The molecule has 0 aliphatic rings. The molecule has 1 rings (SSSR count). The molecule has 0 aromatic heterocycles. The molecule has 1 aromatic carbocycles. The maximum Gasteiger partial charge on any atom is 0.0436 e. The van der Waals surface area contributed by atoms with Gasteiger partial charge in [-0.3, -0.25) is 0 Å². The highest BCUT2D eigenvalue weighted by atomic mass is 16.4. The Bertz CT molecular complexity index is 290. The van der Waals surface area contributed by atoms with Crippen molar-refractivity contribution in [3.05, 3.63) is 42.0 Å². The summed E-state index contributed by atoms with van der Waals surface area (Å²) in [6.45, 7) is 0. The number of rotatable bonds is 5. The van der Waals surface area contributed by atoms with E-state index in [4.69, 9.17) is 5.21 Å². The van der Waals surface area contributed by atoms with Gasteiger partial charge in [0.2, 0.25) is 0 Å². The van der Waals surface area contributed by atoms with Crippen molar-refractivity contribution in [1.29, 1.82) is 0 Å². The molecule has 0 saturated heterocycles. The minimum Gasteiger partial charge on any atom is -0.411 e. The van der Waals surface area contributed by atoms with Crippen LogP contribution in [0.4, 0.5) is 0 Å². The second-order valence-electron chi connectivity index (χ2n) is 3.04. The maximum absolute atomic E-state index is 8.15. The van der Waals surface area contributed by atoms with Gasteiger partial charge in [-0.1, -0.05) is 42.5 Å². The molecule has 0 unspecified atom stereocenters. The molecule has 1 N–H and O–H groups in total. The fraction of sp³-hybridized carbons (Fsp3) is 0.250. The summed E-state index contributed by atoms with van der Waals surface area (Å²) in [5.41, 5.74) is 1.23. The number of unbranched alkanes of at least 4 members (excludes halogenated alkanes) is 2. The van der Waals surface area contributed by atoms with Crippen LogP contribution in [-0.4, -0.2) is 11.4 Å². The zero-order valence-electron chi connectivity index (χ0n) is 8.13. The SMILES string of the molecule is O/N=C/CCC/C=C/c1ccccc1. The van der Waals surface area contributed by atoms with Crippen LogP contribution in [0.2, 0.25) is 0 Å². The van der Waals surface area contributed by atoms with Crippen molar-refractivity contribution >= 4 is 12.3 Å². The molecule has 0 spiro atoms. The lowest BCUT2D eigenvalue weighted by Crippen LogP contribution is -1.75. The zero-order chi connectivity index (χ0) is 10.1. The van der Waals surface area contributed by atoms with Crippen LogP contribution >= 0.6 is 0 Å². The van der Waals surface area contributed by atoms with Crippen LogP contribution in [0.3, 0.4) is 0 Å². The fourth-order valence-corrected chi connectivity index (χ4v) is 1.17. The van der Waals surface area contributed by atoms with E-state index in [0.717, 1.165) is 19.3 Å². The molecule has 14 heavy (non-hydrogen) atoms. The third-order valence-corrected chi connectivity index (χ3v) is 1.90. The van der Waals surface area contributed by atoms with E-state index in [1.165, 1.54) is 11.8 Å². The smallest absolute Gasteiger partial charge is 0.0436 e. The number of benzene rings is 1. The third kappa shape index (κ3) is 4.45. The molecule has 0 amide bonds. The monoisotopic (exact) mass is 189 g/mol. The van der Waals surface area contributed by atoms with Gasteiger partial charge in [-0.05, 0) is 24.8 Å². The standard InChI is InChI=1S/C12H15NO/c14-13-11-7-2-1-4-8-12-9-5-3-6-10-12/h3-6,8-11,14H,1-2,7H2/b8-4+,13-11+. The first-order valence-corrected chi connectivity index (χ1v) is 4.81. The Morgan fingerprint density at radius 2 is 1.93 bits per heavy atom. The van der Waals surface area contributed by atoms with Crippen molar-refractivity contribution < 1.29 is 5.21 Å².